The molecule has 26 heavy (non-hydrogen) atoms. The molecule has 0 amide bonds. The molecule has 0 heterocycles. The summed E-state index contributed by atoms with van der Waals surface area (Å²) >= 11 is 0. The van der Waals surface area contributed by atoms with Crippen LogP contribution < -0.4 is 4.72 Å². The number of esters is 1. The van der Waals surface area contributed by atoms with Crippen LogP contribution in [0.5, 0.6) is 0 Å². The molecule has 0 bridgehead atoms. The first-order chi connectivity index (χ1) is 12.3. The number of Topliss-reactive ketones (excluding diaryl/α,β-unsaturated/α-hetero) is 1. The zero-order valence-electron chi connectivity index (χ0n) is 13.6. The van der Waals surface area contributed by atoms with Gasteiger partial charge < -0.3 is 4.74 Å². The summed E-state index contributed by atoms with van der Waals surface area (Å²) in [5.41, 5.74) is -0.107. The smallest absolute Gasteiger partial charge is 0.338 e. The maximum atomic E-state index is 13.5. The van der Waals surface area contributed by atoms with Crippen molar-refractivity contribution in [1.29, 1.82) is 0 Å². The minimum Gasteiger partial charge on any atom is -0.454 e. The quantitative estimate of drug-likeness (QED) is 0.433. The van der Waals surface area contributed by atoms with Gasteiger partial charge in [-0.1, -0.05) is 18.2 Å². The molecule has 0 aliphatic carbocycles. The first-order valence-corrected chi connectivity index (χ1v) is 8.99. The van der Waals surface area contributed by atoms with Crippen molar-refractivity contribution in [2.24, 2.45) is 0 Å². The number of ketones is 1. The molecule has 0 saturated carbocycles. The van der Waals surface area contributed by atoms with Crippen LogP contribution in [0.3, 0.4) is 0 Å². The summed E-state index contributed by atoms with van der Waals surface area (Å²) in [6.07, 6.45) is 1.40. The number of hydrogen-bond acceptors (Lipinski definition) is 5. The minimum absolute atomic E-state index is 0.0293. The van der Waals surface area contributed by atoms with Gasteiger partial charge in [-0.2, -0.15) is 0 Å². The molecule has 1 N–H and O–H groups in total. The van der Waals surface area contributed by atoms with Gasteiger partial charge in [0, 0.05) is 6.54 Å². The van der Waals surface area contributed by atoms with Crippen LogP contribution in [0, 0.1) is 5.82 Å². The van der Waals surface area contributed by atoms with E-state index in [1.807, 2.05) is 0 Å². The highest BCUT2D eigenvalue weighted by atomic mass is 32.2. The lowest BCUT2D eigenvalue weighted by Gasteiger charge is -2.07. The van der Waals surface area contributed by atoms with E-state index in [4.69, 9.17) is 4.74 Å². The Morgan fingerprint density at radius 2 is 1.77 bits per heavy atom. The molecule has 0 atom stereocenters. The Hall–Kier alpha value is -2.84. The Morgan fingerprint density at radius 1 is 1.12 bits per heavy atom. The van der Waals surface area contributed by atoms with Gasteiger partial charge in [0.25, 0.3) is 0 Å². The number of carbonyl (C=O) groups is 2. The van der Waals surface area contributed by atoms with E-state index >= 15 is 0 Å². The lowest BCUT2D eigenvalue weighted by Crippen LogP contribution is -2.23. The van der Waals surface area contributed by atoms with Gasteiger partial charge in [-0.05, 0) is 36.4 Å². The summed E-state index contributed by atoms with van der Waals surface area (Å²) in [5.74, 6) is -2.20. The van der Waals surface area contributed by atoms with Crippen LogP contribution in [-0.4, -0.2) is 33.3 Å². The number of halogens is 1. The van der Waals surface area contributed by atoms with Gasteiger partial charge in [-0.15, -0.1) is 6.58 Å². The van der Waals surface area contributed by atoms with E-state index in [2.05, 4.69) is 11.3 Å². The summed E-state index contributed by atoms with van der Waals surface area (Å²) in [6.45, 7) is 2.87. The van der Waals surface area contributed by atoms with E-state index in [1.54, 1.807) is 0 Å². The topological polar surface area (TPSA) is 89.5 Å². The van der Waals surface area contributed by atoms with E-state index < -0.39 is 34.2 Å². The third kappa shape index (κ3) is 4.84. The highest BCUT2D eigenvalue weighted by molar-refractivity contribution is 7.89. The first-order valence-electron chi connectivity index (χ1n) is 7.50. The molecule has 136 valence electrons. The van der Waals surface area contributed by atoms with Crippen LogP contribution in [0.4, 0.5) is 4.39 Å². The number of benzene rings is 2. The van der Waals surface area contributed by atoms with Crippen molar-refractivity contribution in [2.75, 3.05) is 13.2 Å². The maximum Gasteiger partial charge on any atom is 0.338 e. The number of hydrogen-bond donors (Lipinski definition) is 1. The molecule has 0 radical (unpaired) electrons. The average Bonchev–Trinajstić information content (AvgIpc) is 2.64. The Kier molecular flexibility index (Phi) is 6.37. The summed E-state index contributed by atoms with van der Waals surface area (Å²) in [6, 6.07) is 10.4. The van der Waals surface area contributed by atoms with E-state index in [0.29, 0.717) is 0 Å². The van der Waals surface area contributed by atoms with Crippen molar-refractivity contribution in [3.8, 4) is 0 Å². The molecule has 0 unspecified atom stereocenters. The van der Waals surface area contributed by atoms with Gasteiger partial charge in [0.15, 0.2) is 6.61 Å². The van der Waals surface area contributed by atoms with Crippen molar-refractivity contribution in [3.63, 3.8) is 0 Å². The predicted octanol–water partition coefficient (Wildman–Crippen LogP) is 2.33. The molecule has 2 aromatic rings. The Bertz CT molecular complexity index is 923. The zero-order valence-corrected chi connectivity index (χ0v) is 14.5. The van der Waals surface area contributed by atoms with Crippen LogP contribution in [-0.2, 0) is 14.8 Å². The molecule has 0 spiro atoms. The average molecular weight is 377 g/mol. The van der Waals surface area contributed by atoms with E-state index in [1.165, 1.54) is 48.5 Å². The molecule has 0 fully saturated rings. The van der Waals surface area contributed by atoms with Crippen LogP contribution in [0.2, 0.25) is 0 Å². The molecule has 0 aliphatic rings. The number of rotatable bonds is 8. The fourth-order valence-electron chi connectivity index (χ4n) is 2.00. The second kappa shape index (κ2) is 8.50. The fraction of sp³-hybridized carbons (Fsp3) is 0.111. The van der Waals surface area contributed by atoms with Crippen LogP contribution >= 0.6 is 0 Å². The number of sulfonamides is 1. The second-order valence-electron chi connectivity index (χ2n) is 5.14. The first kappa shape index (κ1) is 19.5. The highest BCUT2D eigenvalue weighted by Gasteiger charge is 2.17. The standard InChI is InChI=1S/C18H16FNO5S/c1-2-11-20-26(23,24)14-9-7-13(8-10-14)18(22)25-12-17(21)15-5-3-4-6-16(15)19/h2-10,20H,1,11-12H2. The third-order valence-electron chi connectivity index (χ3n) is 3.33. The highest BCUT2D eigenvalue weighted by Crippen LogP contribution is 2.12. The third-order valence-corrected chi connectivity index (χ3v) is 4.77. The van der Waals surface area contributed by atoms with Crippen molar-refractivity contribution < 1.29 is 27.1 Å². The largest absolute Gasteiger partial charge is 0.454 e. The number of carbonyl (C=O) groups excluding carboxylic acids is 2. The molecule has 2 aromatic carbocycles. The lowest BCUT2D eigenvalue weighted by atomic mass is 10.1. The van der Waals surface area contributed by atoms with Crippen molar-refractivity contribution in [2.45, 2.75) is 4.90 Å². The van der Waals surface area contributed by atoms with Gasteiger partial charge in [0.05, 0.1) is 16.0 Å². The van der Waals surface area contributed by atoms with Crippen molar-refractivity contribution in [3.05, 3.63) is 78.1 Å². The lowest BCUT2D eigenvalue weighted by molar-refractivity contribution is 0.0473. The monoisotopic (exact) mass is 377 g/mol. The maximum absolute atomic E-state index is 13.5. The van der Waals surface area contributed by atoms with Crippen molar-refractivity contribution >= 4 is 21.8 Å². The normalized spacial score (nSPS) is 11.0. The molecule has 0 aliphatic heterocycles. The summed E-state index contributed by atoms with van der Waals surface area (Å²) in [5, 5.41) is 0. The van der Waals surface area contributed by atoms with Crippen LogP contribution in [0.25, 0.3) is 0 Å². The number of nitrogens with one attached hydrogen (secondary N) is 1. The Balaban J connectivity index is 2.01. The molecule has 0 saturated heterocycles. The fourth-order valence-corrected chi connectivity index (χ4v) is 3.00. The van der Waals surface area contributed by atoms with E-state index in [0.717, 1.165) is 6.07 Å². The Labute approximate surface area is 150 Å². The molecular weight excluding hydrogens is 361 g/mol. The summed E-state index contributed by atoms with van der Waals surface area (Å²) in [4.78, 5) is 23.8. The van der Waals surface area contributed by atoms with Gasteiger partial charge in [0.2, 0.25) is 15.8 Å². The Morgan fingerprint density at radius 3 is 2.38 bits per heavy atom. The summed E-state index contributed by atoms with van der Waals surface area (Å²) in [7, 11) is -3.70. The van der Waals surface area contributed by atoms with E-state index in [9.17, 15) is 22.4 Å². The molecule has 8 heteroatoms. The van der Waals surface area contributed by atoms with Crippen molar-refractivity contribution in [1.82, 2.24) is 4.72 Å². The molecule has 2 rings (SSSR count). The second-order valence-corrected chi connectivity index (χ2v) is 6.91. The van der Waals surface area contributed by atoms with Gasteiger partial charge >= 0.3 is 5.97 Å². The zero-order chi connectivity index (χ0) is 19.2. The molecule has 6 nitrogen and oxygen atoms in total. The predicted molar refractivity (Wildman–Crippen MR) is 92.8 cm³/mol. The summed E-state index contributed by atoms with van der Waals surface area (Å²) < 4.78 is 44.5. The van der Waals surface area contributed by atoms with E-state index in [-0.39, 0.29) is 22.6 Å². The SMILES string of the molecule is C=CCNS(=O)(=O)c1ccc(C(=O)OCC(=O)c2ccccc2F)cc1. The minimum atomic E-state index is -3.70. The van der Waals surface area contributed by atoms with Gasteiger partial charge in [-0.3, -0.25) is 4.79 Å². The molecular formula is C18H16FNO5S. The van der Waals surface area contributed by atoms with Gasteiger partial charge in [0.1, 0.15) is 5.82 Å². The van der Waals surface area contributed by atoms with Gasteiger partial charge in [-0.25, -0.2) is 22.3 Å². The number of ether oxygens (including phenoxy) is 1. The van der Waals surface area contributed by atoms with Crippen LogP contribution in [0.1, 0.15) is 20.7 Å². The van der Waals surface area contributed by atoms with Crippen LogP contribution in [0.15, 0.2) is 66.1 Å². The molecule has 0 aromatic heterocycles.